The predicted octanol–water partition coefficient (Wildman–Crippen LogP) is 20.8. The van der Waals surface area contributed by atoms with Gasteiger partial charge in [0.1, 0.15) is 25.3 Å². The highest BCUT2D eigenvalue weighted by Gasteiger charge is 2.49. The van der Waals surface area contributed by atoms with Gasteiger partial charge in [0.25, 0.3) is 0 Å². The molecule has 6 nitrogen and oxygen atoms in total. The minimum absolute atomic E-state index is 0.0630. The fraction of sp³-hybridized carbons (Fsp3) is 0.608. The number of Topliss-reactive ketones (excluding diaryl/α,β-unsaturated/α-hetero) is 1. The number of carbonyl (C=O) groups is 1. The van der Waals surface area contributed by atoms with E-state index in [0.29, 0.717) is 60.1 Å². The van der Waals surface area contributed by atoms with Crippen LogP contribution in [0.4, 0.5) is 8.78 Å². The zero-order valence-electron chi connectivity index (χ0n) is 58.7. The molecular formula is C79H119F2O6PSi2. The first-order chi connectivity index (χ1) is 42.1. The molecule has 0 spiro atoms. The van der Waals surface area contributed by atoms with Gasteiger partial charge in [-0.15, -0.1) is 0 Å². The van der Waals surface area contributed by atoms with Crippen molar-refractivity contribution in [2.45, 2.75) is 265 Å². The summed E-state index contributed by atoms with van der Waals surface area (Å²) >= 11 is 0. The molecule has 0 heterocycles. The lowest BCUT2D eigenvalue weighted by Gasteiger charge is -2.42. The number of fused-ring (bicyclic) bond motifs is 2. The number of alkyl halides is 2. The van der Waals surface area contributed by atoms with E-state index in [1.54, 1.807) is 5.57 Å². The Labute approximate surface area is 547 Å². The monoisotopic (exact) mass is 1290 g/mol. The third-order valence-corrected chi connectivity index (χ3v) is 30.6. The molecule has 6 aliphatic rings. The molecule has 2 unspecified atom stereocenters. The van der Waals surface area contributed by atoms with Crippen LogP contribution >= 0.6 is 7.14 Å². The first-order valence-corrected chi connectivity index (χ1v) is 42.9. The van der Waals surface area contributed by atoms with E-state index in [-0.39, 0.29) is 39.9 Å². The zero-order valence-corrected chi connectivity index (χ0v) is 61.6. The molecule has 0 radical (unpaired) electrons. The topological polar surface area (TPSA) is 93.1 Å². The summed E-state index contributed by atoms with van der Waals surface area (Å²) in [6.07, 6.45) is 32.9. The van der Waals surface area contributed by atoms with Crippen molar-refractivity contribution < 1.29 is 37.2 Å². The number of hydrogen-bond donors (Lipinski definition) is 2. The fourth-order valence-corrected chi connectivity index (χ4v) is 20.7. The van der Waals surface area contributed by atoms with E-state index < -0.39 is 47.8 Å². The van der Waals surface area contributed by atoms with E-state index in [4.69, 9.17) is 8.85 Å². The van der Waals surface area contributed by atoms with Crippen molar-refractivity contribution in [2.24, 2.45) is 34.5 Å². The summed E-state index contributed by atoms with van der Waals surface area (Å²) < 4.78 is 56.5. The van der Waals surface area contributed by atoms with E-state index in [2.05, 4.69) is 145 Å². The Morgan fingerprint density at radius 3 is 1.73 bits per heavy atom. The van der Waals surface area contributed by atoms with Crippen molar-refractivity contribution in [3.05, 3.63) is 168 Å². The van der Waals surface area contributed by atoms with Crippen molar-refractivity contribution >= 4 is 40.2 Å². The Kier molecular flexibility index (Phi) is 26.4. The van der Waals surface area contributed by atoms with Crippen LogP contribution < -0.4 is 10.6 Å². The number of allylic oxidation sites excluding steroid dienone is 12. The van der Waals surface area contributed by atoms with Crippen LogP contribution in [0.5, 0.6) is 0 Å². The summed E-state index contributed by atoms with van der Waals surface area (Å²) in [4.78, 5) is 12.3. The number of halogens is 2. The van der Waals surface area contributed by atoms with Crippen LogP contribution in [-0.4, -0.2) is 74.5 Å². The highest BCUT2D eigenvalue weighted by molar-refractivity contribution is 7.78. The van der Waals surface area contributed by atoms with Crippen molar-refractivity contribution in [1.82, 2.24) is 0 Å². The zero-order chi connectivity index (χ0) is 66.7. The Morgan fingerprint density at radius 2 is 1.21 bits per heavy atom. The van der Waals surface area contributed by atoms with Gasteiger partial charge < -0.3 is 23.6 Å². The molecule has 2 aromatic carbocycles. The number of ketones is 1. The summed E-state index contributed by atoms with van der Waals surface area (Å²) in [7, 11) is -6.49. The molecule has 2 aromatic rings. The van der Waals surface area contributed by atoms with Gasteiger partial charge in [-0.1, -0.05) is 221 Å². The first kappa shape index (κ1) is 75.2. The Bertz CT molecular complexity index is 2980. The molecule has 8 rings (SSSR count). The van der Waals surface area contributed by atoms with E-state index in [1.807, 2.05) is 92.7 Å². The number of carbonyl (C=O) groups excluding carboxylic acids is 1. The van der Waals surface area contributed by atoms with E-state index >= 15 is 0 Å². The van der Waals surface area contributed by atoms with Gasteiger partial charge in [-0.25, -0.2) is 8.78 Å². The minimum Gasteiger partial charge on any atom is -0.413 e. The highest BCUT2D eigenvalue weighted by Crippen LogP contribution is 2.58. The summed E-state index contributed by atoms with van der Waals surface area (Å²) in [5.74, 6) is 2.20. The Hall–Kier alpha value is -3.87. The highest BCUT2D eigenvalue weighted by atomic mass is 31.2. The van der Waals surface area contributed by atoms with Crippen LogP contribution in [0.2, 0.25) is 37.8 Å². The maximum absolute atomic E-state index is 14.9. The largest absolute Gasteiger partial charge is 0.413 e. The first-order valence-electron chi connectivity index (χ1n) is 34.7. The van der Waals surface area contributed by atoms with Crippen LogP contribution in [-0.2, 0) is 18.2 Å². The molecule has 4 fully saturated rings. The van der Waals surface area contributed by atoms with Crippen LogP contribution in [0.3, 0.4) is 0 Å². The van der Waals surface area contributed by atoms with Crippen LogP contribution in [0.15, 0.2) is 168 Å². The third kappa shape index (κ3) is 18.5. The molecule has 2 N–H and O–H groups in total. The maximum atomic E-state index is 14.9. The Balaban J connectivity index is 0.000000216. The van der Waals surface area contributed by atoms with Gasteiger partial charge in [0.05, 0.1) is 23.4 Å². The second-order valence-corrected chi connectivity index (χ2v) is 42.6. The van der Waals surface area contributed by atoms with Crippen molar-refractivity contribution in [3.63, 3.8) is 0 Å². The molecule has 0 saturated heterocycles. The van der Waals surface area contributed by atoms with Crippen molar-refractivity contribution in [2.75, 3.05) is 6.16 Å². The lowest BCUT2D eigenvalue weighted by molar-refractivity contribution is -0.128. The molecule has 498 valence electrons. The van der Waals surface area contributed by atoms with Gasteiger partial charge in [0.2, 0.25) is 0 Å². The van der Waals surface area contributed by atoms with E-state index in [1.165, 1.54) is 30.4 Å². The van der Waals surface area contributed by atoms with E-state index in [0.717, 1.165) is 92.4 Å². The molecule has 0 aromatic heterocycles. The molecule has 0 amide bonds. The molecule has 4 saturated carbocycles. The SMILES string of the molecule is C=C1/C(=C\C=C2/CCC[C@]3(C)C([C@@H](C)C/C=C/C(O)(CC)CC)=CCC23)C[C@@H](O)C[C@@H]1F.C=C1/C(=C\CP(=O)(c2ccccc2)c2ccccc2)C[C@@H](O[Si](C)(C)C(C)(C)C)C[C@@H]1F.CCC(/C=C/C[C@H](C)C1=CCC2C(=O)CCC[C@]12C)(CC)O[Si](C)(C)C. The van der Waals surface area contributed by atoms with Crippen molar-refractivity contribution in [1.29, 1.82) is 0 Å². The average Bonchev–Trinajstić information content (AvgIpc) is 1.59. The predicted molar refractivity (Wildman–Crippen MR) is 384 cm³/mol. The number of aliphatic hydroxyl groups excluding tert-OH is 1. The molecule has 11 heteroatoms. The van der Waals surface area contributed by atoms with Gasteiger partial charge in [-0.3, -0.25) is 4.79 Å². The Morgan fingerprint density at radius 1 is 0.711 bits per heavy atom. The number of hydrogen-bond acceptors (Lipinski definition) is 6. The lowest BCUT2D eigenvalue weighted by atomic mass is 9.62. The quantitative estimate of drug-likeness (QED) is 0.0735. The van der Waals surface area contributed by atoms with Gasteiger partial charge in [-0.2, -0.15) is 0 Å². The van der Waals surface area contributed by atoms with E-state index in [9.17, 15) is 28.4 Å². The summed E-state index contributed by atoms with van der Waals surface area (Å²) in [5.41, 5.74) is 6.80. The molecular weight excluding hydrogens is 1170 g/mol. The second kappa shape index (κ2) is 31.6. The van der Waals surface area contributed by atoms with Gasteiger partial charge in [-0.05, 0) is 185 Å². The normalized spacial score (nSPS) is 28.3. The smallest absolute Gasteiger partial charge is 0.192 e. The maximum Gasteiger partial charge on any atom is 0.192 e. The second-order valence-electron chi connectivity index (χ2n) is 30.6. The van der Waals surface area contributed by atoms with Crippen molar-refractivity contribution in [3.8, 4) is 0 Å². The van der Waals surface area contributed by atoms with Crippen LogP contribution in [0.25, 0.3) is 0 Å². The summed E-state index contributed by atoms with van der Waals surface area (Å²) in [6.45, 7) is 43.7. The summed E-state index contributed by atoms with van der Waals surface area (Å²) in [5, 5.41) is 22.2. The molecule has 6 aliphatic carbocycles. The van der Waals surface area contributed by atoms with Gasteiger partial charge >= 0.3 is 0 Å². The third-order valence-electron chi connectivity index (χ3n) is 22.1. The fourth-order valence-electron chi connectivity index (χ4n) is 15.2. The molecule has 0 bridgehead atoms. The van der Waals surface area contributed by atoms with Gasteiger partial charge in [0, 0.05) is 42.0 Å². The summed E-state index contributed by atoms with van der Waals surface area (Å²) in [6, 6.07) is 19.2. The number of benzene rings is 2. The van der Waals surface area contributed by atoms with Crippen LogP contribution in [0.1, 0.15) is 192 Å². The molecule has 90 heavy (non-hydrogen) atoms. The minimum atomic E-state index is -2.90. The molecule has 10 atom stereocenters. The van der Waals surface area contributed by atoms with Crippen LogP contribution in [0, 0.1) is 34.5 Å². The lowest BCUT2D eigenvalue weighted by Crippen LogP contribution is -2.45. The molecule has 0 aliphatic heterocycles. The average molecular weight is 1290 g/mol. The van der Waals surface area contributed by atoms with Gasteiger partial charge in [0.15, 0.2) is 16.6 Å². The number of aliphatic hydroxyl groups is 2. The number of rotatable bonds is 21. The standard InChI is InChI=1S/C29H43FO2.C27H36FO2PSi.C23H40O2Si/c1-6-29(32,7-2)17-8-10-20(3)25-14-15-26-22(11-9-16-28(25,26)5)12-13-23-18-24(31)19-27(30)21(23)4;1-21-22(19-23(20-26(21)28)30-32(5,6)27(2,3)4)17-18-31(29,24-13-9-7-10-14-24)25-15-11-8-12-16-25;1-8-23(9-2,25-26(5,6)7)17-10-12-18(3)19-14-15-20-21(24)13-11-16-22(19,20)4/h8,12-14,17,20,24,26-27,31-32H,4,6-7,9-11,15-16,18-19H2,1-3,5H3;7-17,23,26H,1,18-20H2,2-6H3;10,14,17-18,20H,8-9,11-13,15-16H2,1-7H3/b17-8+,22-12+,23-13-;22-17-;17-10+/t20-,24+,26?,27-,28+;23-,26+;18-,20?,22+/m010/s1.